The van der Waals surface area contributed by atoms with Gasteiger partial charge >= 0.3 is 0 Å². The molecule has 0 aromatic heterocycles. The Hall–Kier alpha value is -2.45. The van der Waals surface area contributed by atoms with E-state index in [-0.39, 0.29) is 17.8 Å². The minimum atomic E-state index is -3.44. The topological polar surface area (TPSA) is 95.5 Å². The summed E-state index contributed by atoms with van der Waals surface area (Å²) >= 11 is 0. The van der Waals surface area contributed by atoms with E-state index in [9.17, 15) is 22.7 Å². The highest BCUT2D eigenvalue weighted by atomic mass is 32.2. The van der Waals surface area contributed by atoms with E-state index < -0.39 is 27.9 Å². The predicted octanol–water partition coefficient (Wildman–Crippen LogP) is 1.66. The third-order valence-electron chi connectivity index (χ3n) is 3.12. The molecule has 1 unspecified atom stereocenters. The van der Waals surface area contributed by atoms with Gasteiger partial charge in [0, 0.05) is 17.8 Å². The summed E-state index contributed by atoms with van der Waals surface area (Å²) < 4.78 is 37.8. The first kappa shape index (κ1) is 17.9. The number of amides is 1. The standard InChI is InChI=1S/C16H17FN2O4S/c1-24(22,23)19-14-7-3-5-12(9-14)16(21)18-10-15(20)11-4-2-6-13(17)8-11/h2-9,15,19-20H,10H2,1H3,(H,18,21). The van der Waals surface area contributed by atoms with Gasteiger partial charge in [0.2, 0.25) is 10.0 Å². The average Bonchev–Trinajstić information content (AvgIpc) is 2.51. The minimum Gasteiger partial charge on any atom is -0.387 e. The van der Waals surface area contributed by atoms with Gasteiger partial charge in [0.15, 0.2) is 0 Å². The van der Waals surface area contributed by atoms with Crippen LogP contribution in [-0.2, 0) is 10.0 Å². The number of aliphatic hydroxyl groups excluding tert-OH is 1. The quantitative estimate of drug-likeness (QED) is 0.737. The zero-order chi connectivity index (χ0) is 17.7. The van der Waals surface area contributed by atoms with Crippen LogP contribution in [0.4, 0.5) is 10.1 Å². The van der Waals surface area contributed by atoms with Gasteiger partial charge in [-0.25, -0.2) is 12.8 Å². The zero-order valence-electron chi connectivity index (χ0n) is 12.9. The average molecular weight is 352 g/mol. The molecule has 1 amide bonds. The number of halogens is 1. The maximum Gasteiger partial charge on any atom is 0.251 e. The molecule has 8 heteroatoms. The van der Waals surface area contributed by atoms with Gasteiger partial charge in [-0.1, -0.05) is 18.2 Å². The molecule has 3 N–H and O–H groups in total. The number of carbonyl (C=O) groups is 1. The van der Waals surface area contributed by atoms with Crippen LogP contribution in [0.15, 0.2) is 48.5 Å². The van der Waals surface area contributed by atoms with Crippen molar-refractivity contribution in [2.24, 2.45) is 0 Å². The van der Waals surface area contributed by atoms with Crippen molar-refractivity contribution >= 4 is 21.6 Å². The largest absolute Gasteiger partial charge is 0.387 e. The number of aliphatic hydroxyl groups is 1. The smallest absolute Gasteiger partial charge is 0.251 e. The lowest BCUT2D eigenvalue weighted by atomic mass is 10.1. The molecule has 0 spiro atoms. The molecule has 128 valence electrons. The summed E-state index contributed by atoms with van der Waals surface area (Å²) in [5.74, 6) is -0.958. The molecule has 2 aromatic rings. The van der Waals surface area contributed by atoms with Crippen molar-refractivity contribution in [2.75, 3.05) is 17.5 Å². The highest BCUT2D eigenvalue weighted by Gasteiger charge is 2.12. The van der Waals surface area contributed by atoms with Gasteiger partial charge in [-0.15, -0.1) is 0 Å². The second kappa shape index (κ2) is 7.41. The van der Waals surface area contributed by atoms with Crippen LogP contribution in [-0.4, -0.2) is 32.2 Å². The molecule has 0 saturated carbocycles. The molecule has 2 rings (SSSR count). The summed E-state index contributed by atoms with van der Waals surface area (Å²) in [5, 5.41) is 12.5. The van der Waals surface area contributed by atoms with Gasteiger partial charge in [-0.3, -0.25) is 9.52 Å². The molecular formula is C16H17FN2O4S. The molecule has 0 aliphatic carbocycles. The summed E-state index contributed by atoms with van der Waals surface area (Å²) in [4.78, 5) is 12.1. The Morgan fingerprint density at radius 3 is 2.58 bits per heavy atom. The fourth-order valence-corrected chi connectivity index (χ4v) is 2.62. The van der Waals surface area contributed by atoms with Gasteiger partial charge in [0.25, 0.3) is 5.91 Å². The summed E-state index contributed by atoms with van der Waals surface area (Å²) in [6, 6.07) is 11.4. The fourth-order valence-electron chi connectivity index (χ4n) is 2.06. The molecule has 0 bridgehead atoms. The highest BCUT2D eigenvalue weighted by Crippen LogP contribution is 2.14. The molecule has 0 saturated heterocycles. The molecule has 1 atom stereocenters. The number of hydrogen-bond donors (Lipinski definition) is 3. The van der Waals surface area contributed by atoms with E-state index in [0.29, 0.717) is 5.56 Å². The van der Waals surface area contributed by atoms with Crippen molar-refractivity contribution in [3.8, 4) is 0 Å². The monoisotopic (exact) mass is 352 g/mol. The summed E-state index contributed by atoms with van der Waals surface area (Å²) in [6.45, 7) is -0.105. The number of sulfonamides is 1. The van der Waals surface area contributed by atoms with Crippen LogP contribution in [0, 0.1) is 5.82 Å². The summed E-state index contributed by atoms with van der Waals surface area (Å²) in [6.07, 6.45) is -0.0447. The summed E-state index contributed by atoms with van der Waals surface area (Å²) in [5.41, 5.74) is 0.841. The lowest BCUT2D eigenvalue weighted by molar-refractivity contribution is 0.0916. The van der Waals surface area contributed by atoms with Gasteiger partial charge in [-0.2, -0.15) is 0 Å². The van der Waals surface area contributed by atoms with Crippen molar-refractivity contribution in [3.05, 3.63) is 65.5 Å². The van der Waals surface area contributed by atoms with Crippen LogP contribution in [0.25, 0.3) is 0 Å². The van der Waals surface area contributed by atoms with Gasteiger partial charge in [0.05, 0.1) is 12.4 Å². The second-order valence-electron chi connectivity index (χ2n) is 5.24. The first-order valence-corrected chi connectivity index (χ1v) is 8.93. The van der Waals surface area contributed by atoms with Crippen LogP contribution in [0.2, 0.25) is 0 Å². The van der Waals surface area contributed by atoms with E-state index in [1.807, 2.05) is 0 Å². The van der Waals surface area contributed by atoms with E-state index in [1.165, 1.54) is 42.5 Å². The maximum atomic E-state index is 13.1. The predicted molar refractivity (Wildman–Crippen MR) is 88.6 cm³/mol. The number of rotatable bonds is 6. The van der Waals surface area contributed by atoms with Crippen molar-refractivity contribution < 1.29 is 22.7 Å². The fraction of sp³-hybridized carbons (Fsp3) is 0.188. The number of nitrogens with one attached hydrogen (secondary N) is 2. The Bertz CT molecular complexity index is 839. The number of carbonyl (C=O) groups excluding carboxylic acids is 1. The Morgan fingerprint density at radius 2 is 1.92 bits per heavy atom. The van der Waals surface area contributed by atoms with E-state index in [0.717, 1.165) is 6.26 Å². The third-order valence-corrected chi connectivity index (χ3v) is 3.72. The van der Waals surface area contributed by atoms with Gasteiger partial charge in [0.1, 0.15) is 5.82 Å². The molecule has 0 radical (unpaired) electrons. The molecule has 0 aliphatic heterocycles. The minimum absolute atomic E-state index is 0.105. The van der Waals surface area contributed by atoms with Crippen LogP contribution in [0.1, 0.15) is 22.0 Å². The van der Waals surface area contributed by atoms with E-state index in [2.05, 4.69) is 10.0 Å². The molecular weight excluding hydrogens is 335 g/mol. The van der Waals surface area contributed by atoms with Gasteiger partial charge < -0.3 is 10.4 Å². The second-order valence-corrected chi connectivity index (χ2v) is 6.98. The van der Waals surface area contributed by atoms with Crippen LogP contribution >= 0.6 is 0 Å². The Kier molecular flexibility index (Phi) is 5.53. The Morgan fingerprint density at radius 1 is 1.21 bits per heavy atom. The van der Waals surface area contributed by atoms with Crippen molar-refractivity contribution in [2.45, 2.75) is 6.10 Å². The SMILES string of the molecule is CS(=O)(=O)Nc1cccc(C(=O)NCC(O)c2cccc(F)c2)c1. The highest BCUT2D eigenvalue weighted by molar-refractivity contribution is 7.92. The first-order valence-electron chi connectivity index (χ1n) is 7.04. The third kappa shape index (κ3) is 5.32. The Balaban J connectivity index is 2.01. The Labute approximate surface area is 139 Å². The summed E-state index contributed by atoms with van der Waals surface area (Å²) in [7, 11) is -3.44. The van der Waals surface area contributed by atoms with E-state index in [4.69, 9.17) is 0 Å². The van der Waals surface area contributed by atoms with Gasteiger partial charge in [-0.05, 0) is 35.9 Å². The van der Waals surface area contributed by atoms with Crippen molar-refractivity contribution in [1.82, 2.24) is 5.32 Å². The lowest BCUT2D eigenvalue weighted by Gasteiger charge is -2.13. The first-order chi connectivity index (χ1) is 11.2. The normalized spacial score (nSPS) is 12.5. The van der Waals surface area contributed by atoms with Crippen LogP contribution < -0.4 is 10.0 Å². The zero-order valence-corrected chi connectivity index (χ0v) is 13.7. The lowest BCUT2D eigenvalue weighted by Crippen LogP contribution is -2.28. The molecule has 0 aliphatic rings. The van der Waals surface area contributed by atoms with E-state index >= 15 is 0 Å². The van der Waals surface area contributed by atoms with Crippen molar-refractivity contribution in [1.29, 1.82) is 0 Å². The van der Waals surface area contributed by atoms with Crippen molar-refractivity contribution in [3.63, 3.8) is 0 Å². The number of hydrogen-bond acceptors (Lipinski definition) is 4. The maximum absolute atomic E-state index is 13.1. The molecule has 6 nitrogen and oxygen atoms in total. The molecule has 0 fully saturated rings. The number of benzene rings is 2. The molecule has 0 heterocycles. The van der Waals surface area contributed by atoms with Crippen LogP contribution in [0.5, 0.6) is 0 Å². The molecule has 24 heavy (non-hydrogen) atoms. The molecule has 2 aromatic carbocycles. The number of anilines is 1. The van der Waals surface area contributed by atoms with Crippen LogP contribution in [0.3, 0.4) is 0 Å². The van der Waals surface area contributed by atoms with E-state index in [1.54, 1.807) is 6.07 Å².